The normalized spacial score (nSPS) is 22.8. The summed E-state index contributed by atoms with van der Waals surface area (Å²) in [4.78, 5) is 21.7. The van der Waals surface area contributed by atoms with Crippen LogP contribution in [0.2, 0.25) is 0 Å². The Morgan fingerprint density at radius 1 is 1.20 bits per heavy atom. The van der Waals surface area contributed by atoms with Crippen LogP contribution in [-0.4, -0.2) is 18.4 Å². The van der Waals surface area contributed by atoms with E-state index in [2.05, 4.69) is 10.6 Å². The van der Waals surface area contributed by atoms with Gasteiger partial charge in [0.05, 0.1) is 0 Å². The standard InChI is InChI=1S/C6H6N2O2/c9-5-3-1-2-7-4(3)6(10)8-5/h7H,1-2H2,(H,8,9,10). The number of imide groups is 1. The average Bonchev–Trinajstić information content (AvgIpc) is 2.39. The summed E-state index contributed by atoms with van der Waals surface area (Å²) < 4.78 is 0. The molecule has 0 saturated heterocycles. The molecule has 0 unspecified atom stereocenters. The minimum absolute atomic E-state index is 0.231. The lowest BCUT2D eigenvalue weighted by Gasteiger charge is -1.96. The van der Waals surface area contributed by atoms with Gasteiger partial charge in [-0.15, -0.1) is 0 Å². The molecule has 2 rings (SSSR count). The lowest BCUT2D eigenvalue weighted by Crippen LogP contribution is -2.28. The van der Waals surface area contributed by atoms with Crippen molar-refractivity contribution in [3.8, 4) is 0 Å². The van der Waals surface area contributed by atoms with E-state index in [4.69, 9.17) is 0 Å². The quantitative estimate of drug-likeness (QED) is 0.417. The van der Waals surface area contributed by atoms with Gasteiger partial charge in [0.2, 0.25) is 0 Å². The highest BCUT2D eigenvalue weighted by molar-refractivity contribution is 6.19. The maximum absolute atomic E-state index is 10.8. The maximum atomic E-state index is 10.8. The highest BCUT2D eigenvalue weighted by atomic mass is 16.2. The second kappa shape index (κ2) is 1.59. The topological polar surface area (TPSA) is 58.2 Å². The summed E-state index contributed by atoms with van der Waals surface area (Å²) in [5.74, 6) is -0.512. The van der Waals surface area contributed by atoms with E-state index in [-0.39, 0.29) is 11.8 Å². The van der Waals surface area contributed by atoms with Crippen LogP contribution >= 0.6 is 0 Å². The Labute approximate surface area is 57.3 Å². The molecule has 0 saturated carbocycles. The zero-order valence-corrected chi connectivity index (χ0v) is 5.23. The van der Waals surface area contributed by atoms with Crippen LogP contribution in [0, 0.1) is 0 Å². The molecule has 4 nitrogen and oxygen atoms in total. The molecule has 0 aromatic heterocycles. The second-order valence-corrected chi connectivity index (χ2v) is 2.31. The maximum Gasteiger partial charge on any atom is 0.274 e. The fraction of sp³-hybridized carbons (Fsp3) is 0.333. The van der Waals surface area contributed by atoms with E-state index in [0.717, 1.165) is 0 Å². The van der Waals surface area contributed by atoms with Gasteiger partial charge in [-0.2, -0.15) is 0 Å². The lowest BCUT2D eigenvalue weighted by molar-refractivity contribution is -0.124. The largest absolute Gasteiger partial charge is 0.380 e. The molecule has 2 N–H and O–H groups in total. The summed E-state index contributed by atoms with van der Waals surface area (Å²) in [7, 11) is 0. The van der Waals surface area contributed by atoms with E-state index in [0.29, 0.717) is 24.2 Å². The molecule has 2 aliphatic rings. The number of amides is 2. The van der Waals surface area contributed by atoms with Crippen molar-refractivity contribution < 1.29 is 9.59 Å². The van der Waals surface area contributed by atoms with Gasteiger partial charge in [0.1, 0.15) is 5.70 Å². The van der Waals surface area contributed by atoms with E-state index in [1.807, 2.05) is 0 Å². The van der Waals surface area contributed by atoms with Gasteiger partial charge in [-0.1, -0.05) is 0 Å². The molecule has 0 fully saturated rings. The third-order valence-corrected chi connectivity index (χ3v) is 1.71. The van der Waals surface area contributed by atoms with Crippen LogP contribution in [0.5, 0.6) is 0 Å². The number of hydrogen-bond donors (Lipinski definition) is 2. The predicted molar refractivity (Wildman–Crippen MR) is 32.8 cm³/mol. The predicted octanol–water partition coefficient (Wildman–Crippen LogP) is -1.11. The Balaban J connectivity index is 2.45. The van der Waals surface area contributed by atoms with Gasteiger partial charge < -0.3 is 5.32 Å². The molecule has 0 aromatic carbocycles. The molecule has 10 heavy (non-hydrogen) atoms. The smallest absolute Gasteiger partial charge is 0.274 e. The number of nitrogens with one attached hydrogen (secondary N) is 2. The van der Waals surface area contributed by atoms with Crippen molar-refractivity contribution in [2.75, 3.05) is 6.54 Å². The van der Waals surface area contributed by atoms with E-state index < -0.39 is 0 Å². The van der Waals surface area contributed by atoms with Gasteiger partial charge in [0.25, 0.3) is 11.8 Å². The molecule has 2 aliphatic heterocycles. The molecule has 52 valence electrons. The van der Waals surface area contributed by atoms with Gasteiger partial charge >= 0.3 is 0 Å². The number of carbonyl (C=O) groups is 2. The summed E-state index contributed by atoms with van der Waals surface area (Å²) in [6, 6.07) is 0. The summed E-state index contributed by atoms with van der Waals surface area (Å²) in [6.07, 6.45) is 0.674. The Hall–Kier alpha value is -1.32. The summed E-state index contributed by atoms with van der Waals surface area (Å²) >= 11 is 0. The highest BCUT2D eigenvalue weighted by Gasteiger charge is 2.32. The van der Waals surface area contributed by atoms with Gasteiger partial charge in [-0.25, -0.2) is 0 Å². The van der Waals surface area contributed by atoms with Crippen LogP contribution in [0.25, 0.3) is 0 Å². The zero-order valence-electron chi connectivity index (χ0n) is 5.23. The Bertz CT molecular complexity index is 230. The first kappa shape index (κ1) is 5.46. The van der Waals surface area contributed by atoms with E-state index in [1.165, 1.54) is 0 Å². The van der Waals surface area contributed by atoms with Crippen LogP contribution in [-0.2, 0) is 9.59 Å². The summed E-state index contributed by atoms with van der Waals surface area (Å²) in [5, 5.41) is 5.05. The van der Waals surface area contributed by atoms with Crippen molar-refractivity contribution in [3.05, 3.63) is 11.3 Å². The highest BCUT2D eigenvalue weighted by Crippen LogP contribution is 2.18. The molecule has 0 aromatic rings. The fourth-order valence-corrected chi connectivity index (χ4v) is 1.23. The van der Waals surface area contributed by atoms with E-state index in [1.54, 1.807) is 0 Å². The Morgan fingerprint density at radius 3 is 2.70 bits per heavy atom. The Morgan fingerprint density at radius 2 is 2.00 bits per heavy atom. The first-order valence-electron chi connectivity index (χ1n) is 3.12. The Kier molecular flexibility index (Phi) is 0.869. The minimum Gasteiger partial charge on any atom is -0.380 e. The van der Waals surface area contributed by atoms with Gasteiger partial charge in [-0.3, -0.25) is 14.9 Å². The molecule has 0 atom stereocenters. The van der Waals surface area contributed by atoms with Crippen molar-refractivity contribution in [3.63, 3.8) is 0 Å². The van der Waals surface area contributed by atoms with Crippen LogP contribution in [0.1, 0.15) is 6.42 Å². The molecule has 2 amide bonds. The van der Waals surface area contributed by atoms with Gasteiger partial charge in [0.15, 0.2) is 0 Å². The monoisotopic (exact) mass is 138 g/mol. The van der Waals surface area contributed by atoms with E-state index in [9.17, 15) is 9.59 Å². The molecule has 0 radical (unpaired) electrons. The van der Waals surface area contributed by atoms with Crippen LogP contribution in [0.15, 0.2) is 11.3 Å². The van der Waals surface area contributed by atoms with Crippen molar-refractivity contribution in [2.24, 2.45) is 0 Å². The minimum atomic E-state index is -0.280. The summed E-state index contributed by atoms with van der Waals surface area (Å²) in [5.41, 5.74) is 1.09. The molecular weight excluding hydrogens is 132 g/mol. The van der Waals surface area contributed by atoms with Crippen LogP contribution in [0.4, 0.5) is 0 Å². The van der Waals surface area contributed by atoms with Crippen molar-refractivity contribution in [1.82, 2.24) is 10.6 Å². The van der Waals surface area contributed by atoms with E-state index >= 15 is 0 Å². The number of carbonyl (C=O) groups excluding carboxylic acids is 2. The van der Waals surface area contributed by atoms with Gasteiger partial charge in [-0.05, 0) is 6.42 Å². The zero-order chi connectivity index (χ0) is 7.14. The van der Waals surface area contributed by atoms with Crippen molar-refractivity contribution in [1.29, 1.82) is 0 Å². The molecule has 0 spiro atoms. The van der Waals surface area contributed by atoms with Crippen LogP contribution < -0.4 is 10.6 Å². The fourth-order valence-electron chi connectivity index (χ4n) is 1.23. The average molecular weight is 138 g/mol. The third kappa shape index (κ3) is 0.504. The molecule has 0 bridgehead atoms. The first-order chi connectivity index (χ1) is 4.79. The van der Waals surface area contributed by atoms with Crippen molar-refractivity contribution in [2.45, 2.75) is 6.42 Å². The summed E-state index contributed by atoms with van der Waals surface area (Å²) in [6.45, 7) is 0.712. The second-order valence-electron chi connectivity index (χ2n) is 2.31. The molecule has 4 heteroatoms. The van der Waals surface area contributed by atoms with Gasteiger partial charge in [0, 0.05) is 12.1 Å². The molecule has 0 aliphatic carbocycles. The number of hydrogen-bond acceptors (Lipinski definition) is 3. The molecular formula is C6H6N2O2. The van der Waals surface area contributed by atoms with Crippen LogP contribution in [0.3, 0.4) is 0 Å². The lowest BCUT2D eigenvalue weighted by atomic mass is 10.2. The number of rotatable bonds is 0. The van der Waals surface area contributed by atoms with Crippen molar-refractivity contribution >= 4 is 11.8 Å². The first-order valence-corrected chi connectivity index (χ1v) is 3.12. The third-order valence-electron chi connectivity index (χ3n) is 1.71. The molecule has 2 heterocycles. The SMILES string of the molecule is O=C1NC(=O)C2=C1CCN2.